The van der Waals surface area contributed by atoms with E-state index in [4.69, 9.17) is 0 Å². The van der Waals surface area contributed by atoms with Crippen LogP contribution in [0.15, 0.2) is 71.5 Å². The van der Waals surface area contributed by atoms with Crippen LogP contribution in [-0.4, -0.2) is 9.51 Å². The van der Waals surface area contributed by atoms with Crippen molar-refractivity contribution in [1.82, 2.24) is 4.40 Å². The molecule has 4 rings (SSSR count). The fourth-order valence-electron chi connectivity index (χ4n) is 2.98. The van der Waals surface area contributed by atoms with Gasteiger partial charge >= 0.3 is 0 Å². The number of rotatable bonds is 1. The van der Waals surface area contributed by atoms with Gasteiger partial charge in [-0.1, -0.05) is 36.4 Å². The summed E-state index contributed by atoms with van der Waals surface area (Å²) in [6.07, 6.45) is 0. The molecule has 0 aliphatic heterocycles. The summed E-state index contributed by atoms with van der Waals surface area (Å²) in [7, 11) is 0. The molecule has 0 saturated heterocycles. The zero-order valence-corrected chi connectivity index (χ0v) is 12.6. The fraction of sp³-hybridized carbons (Fsp3) is 0. The van der Waals surface area contributed by atoms with E-state index in [1.54, 1.807) is 28.7 Å². The van der Waals surface area contributed by atoms with Crippen molar-refractivity contribution in [3.05, 3.63) is 93.4 Å². The van der Waals surface area contributed by atoms with Crippen LogP contribution < -0.4 is 10.8 Å². The van der Waals surface area contributed by atoms with Gasteiger partial charge in [-0.05, 0) is 29.7 Å². The molecule has 4 heteroatoms. The van der Waals surface area contributed by atoms with E-state index in [1.165, 1.54) is 12.1 Å². The smallest absolute Gasteiger partial charge is 0.180 e. The zero-order chi connectivity index (χ0) is 16.7. The second-order valence-corrected chi connectivity index (χ2v) is 5.54. The lowest BCUT2D eigenvalue weighted by Crippen LogP contribution is -2.15. The molecule has 0 radical (unpaired) electrons. The highest BCUT2D eigenvalue weighted by molar-refractivity contribution is 5.85. The standard InChI is InChI=1S/C20H12N2O2/c21-12-15-10-19(20(24)14-4-2-1-3-5-14)22-17(15)9-7-13-6-8-16(23)11-18(13)22/h1-11,24H/b20-19-. The van der Waals surface area contributed by atoms with Gasteiger partial charge in [0.1, 0.15) is 11.8 Å². The molecule has 0 unspecified atom stereocenters. The van der Waals surface area contributed by atoms with E-state index in [9.17, 15) is 15.2 Å². The molecule has 0 aliphatic carbocycles. The maximum atomic E-state index is 11.8. The lowest BCUT2D eigenvalue weighted by atomic mass is 10.2. The number of nitriles is 1. The van der Waals surface area contributed by atoms with E-state index in [-0.39, 0.29) is 11.2 Å². The first-order chi connectivity index (χ1) is 11.7. The van der Waals surface area contributed by atoms with E-state index in [0.717, 1.165) is 5.39 Å². The highest BCUT2D eigenvalue weighted by Gasteiger charge is 2.11. The van der Waals surface area contributed by atoms with E-state index >= 15 is 0 Å². The monoisotopic (exact) mass is 312 g/mol. The maximum absolute atomic E-state index is 11.8. The van der Waals surface area contributed by atoms with Crippen molar-refractivity contribution >= 4 is 22.2 Å². The molecule has 0 atom stereocenters. The highest BCUT2D eigenvalue weighted by Crippen LogP contribution is 2.18. The number of pyridine rings is 1. The van der Waals surface area contributed by atoms with Crippen LogP contribution in [0.2, 0.25) is 0 Å². The molecular formula is C20H12N2O2. The number of nitrogens with zero attached hydrogens (tertiary/aromatic N) is 2. The number of hydrogen-bond donors (Lipinski definition) is 1. The molecule has 2 aromatic heterocycles. The molecule has 4 aromatic rings. The zero-order valence-electron chi connectivity index (χ0n) is 12.6. The molecule has 0 bridgehead atoms. The molecule has 0 aliphatic rings. The molecule has 0 fully saturated rings. The van der Waals surface area contributed by atoms with Gasteiger partial charge in [0.15, 0.2) is 5.43 Å². The fourth-order valence-corrected chi connectivity index (χ4v) is 2.98. The molecule has 2 aromatic carbocycles. The van der Waals surface area contributed by atoms with Gasteiger partial charge in [0.25, 0.3) is 0 Å². The third-order valence-corrected chi connectivity index (χ3v) is 4.11. The number of aliphatic hydroxyl groups excluding tert-OH is 1. The maximum Gasteiger partial charge on any atom is 0.180 e. The molecule has 114 valence electrons. The Morgan fingerprint density at radius 2 is 1.71 bits per heavy atom. The predicted molar refractivity (Wildman–Crippen MR) is 92.7 cm³/mol. The van der Waals surface area contributed by atoms with Crippen LogP contribution in [0.4, 0.5) is 0 Å². The first-order valence-electron chi connectivity index (χ1n) is 7.46. The number of hydrogen-bond acceptors (Lipinski definition) is 3. The van der Waals surface area contributed by atoms with Crippen LogP contribution in [0.25, 0.3) is 22.2 Å². The van der Waals surface area contributed by atoms with Crippen LogP contribution in [0.3, 0.4) is 0 Å². The van der Waals surface area contributed by atoms with E-state index in [1.807, 2.05) is 30.3 Å². The van der Waals surface area contributed by atoms with Gasteiger partial charge in [0, 0.05) is 11.6 Å². The third kappa shape index (κ3) is 2.03. The van der Waals surface area contributed by atoms with E-state index in [0.29, 0.717) is 27.5 Å². The first kappa shape index (κ1) is 14.0. The van der Waals surface area contributed by atoms with Gasteiger partial charge in [0.2, 0.25) is 0 Å². The third-order valence-electron chi connectivity index (χ3n) is 4.11. The van der Waals surface area contributed by atoms with E-state index in [2.05, 4.69) is 6.07 Å². The number of aromatic nitrogens is 1. The van der Waals surface area contributed by atoms with Crippen LogP contribution in [0.1, 0.15) is 11.1 Å². The van der Waals surface area contributed by atoms with Gasteiger partial charge in [-0.2, -0.15) is 5.26 Å². The summed E-state index contributed by atoms with van der Waals surface area (Å²) in [5.41, 5.74) is 2.31. The Labute approximate surface area is 137 Å². The summed E-state index contributed by atoms with van der Waals surface area (Å²) in [5.74, 6) is 0.0657. The van der Waals surface area contributed by atoms with Gasteiger partial charge in [-0.3, -0.25) is 4.79 Å². The van der Waals surface area contributed by atoms with Crippen molar-refractivity contribution in [2.45, 2.75) is 0 Å². The summed E-state index contributed by atoms with van der Waals surface area (Å²) in [6, 6.07) is 21.4. The molecule has 4 nitrogen and oxygen atoms in total. The molecule has 0 amide bonds. The van der Waals surface area contributed by atoms with Gasteiger partial charge in [-0.15, -0.1) is 0 Å². The lowest BCUT2D eigenvalue weighted by Gasteiger charge is -2.05. The van der Waals surface area contributed by atoms with Gasteiger partial charge < -0.3 is 9.51 Å². The molecule has 0 saturated carbocycles. The molecular weight excluding hydrogens is 300 g/mol. The predicted octanol–water partition coefficient (Wildman–Crippen LogP) is 2.76. The average molecular weight is 312 g/mol. The van der Waals surface area contributed by atoms with Gasteiger partial charge in [-0.25, -0.2) is 0 Å². The van der Waals surface area contributed by atoms with Crippen molar-refractivity contribution in [1.29, 1.82) is 5.26 Å². The van der Waals surface area contributed by atoms with Crippen LogP contribution in [-0.2, 0) is 0 Å². The molecule has 1 N–H and O–H groups in total. The Kier molecular flexibility index (Phi) is 3.07. The first-order valence-corrected chi connectivity index (χ1v) is 7.46. The minimum atomic E-state index is -0.118. The molecule has 0 spiro atoms. The largest absolute Gasteiger partial charge is 0.505 e. The minimum Gasteiger partial charge on any atom is -0.505 e. The molecule has 24 heavy (non-hydrogen) atoms. The summed E-state index contributed by atoms with van der Waals surface area (Å²) >= 11 is 0. The number of fused-ring (bicyclic) bond motifs is 3. The van der Waals surface area contributed by atoms with Crippen molar-refractivity contribution in [2.75, 3.05) is 0 Å². The van der Waals surface area contributed by atoms with E-state index < -0.39 is 0 Å². The van der Waals surface area contributed by atoms with Crippen LogP contribution in [0.5, 0.6) is 0 Å². The number of benzene rings is 2. The van der Waals surface area contributed by atoms with Gasteiger partial charge in [0.05, 0.1) is 21.9 Å². The van der Waals surface area contributed by atoms with Crippen molar-refractivity contribution in [2.24, 2.45) is 0 Å². The Morgan fingerprint density at radius 1 is 0.958 bits per heavy atom. The normalized spacial score (nSPS) is 12.3. The minimum absolute atomic E-state index is 0.0657. The number of aliphatic hydroxyl groups is 1. The van der Waals surface area contributed by atoms with Crippen LogP contribution >= 0.6 is 0 Å². The highest BCUT2D eigenvalue weighted by atomic mass is 16.3. The summed E-state index contributed by atoms with van der Waals surface area (Å²) in [6.45, 7) is 0. The Bertz CT molecular complexity index is 1230. The summed E-state index contributed by atoms with van der Waals surface area (Å²) in [5, 5.41) is 21.5. The van der Waals surface area contributed by atoms with Crippen LogP contribution in [0, 0.1) is 11.3 Å². The quantitative estimate of drug-likeness (QED) is 0.588. The lowest BCUT2D eigenvalue weighted by molar-refractivity contribution is 0.505. The van der Waals surface area contributed by atoms with Crippen molar-refractivity contribution < 1.29 is 5.11 Å². The second kappa shape index (κ2) is 5.25. The summed E-state index contributed by atoms with van der Waals surface area (Å²) < 4.78 is 1.76. The average Bonchev–Trinajstić information content (AvgIpc) is 3.01. The Balaban J connectivity index is 2.27. The summed E-state index contributed by atoms with van der Waals surface area (Å²) in [4.78, 5) is 11.8. The van der Waals surface area contributed by atoms with Crippen molar-refractivity contribution in [3.8, 4) is 6.07 Å². The Morgan fingerprint density at radius 3 is 2.46 bits per heavy atom. The second-order valence-electron chi connectivity index (χ2n) is 5.54. The SMILES string of the molecule is N#Cc1c/c(=C(/O)c2ccccc2)n2c1ccc1ccc(=O)cc12. The van der Waals surface area contributed by atoms with Crippen molar-refractivity contribution in [3.63, 3.8) is 0 Å². The molecule has 2 heterocycles. The Hall–Kier alpha value is -3.58. The topological polar surface area (TPSA) is 65.5 Å².